The molecule has 1 fully saturated rings. The number of aromatic nitrogens is 1. The first-order valence-electron chi connectivity index (χ1n) is 9.48. The van der Waals surface area contributed by atoms with Crippen molar-refractivity contribution in [2.45, 2.75) is 6.42 Å². The number of fused-ring (bicyclic) bond motifs is 1. The molecule has 0 spiro atoms. The fourth-order valence-electron chi connectivity index (χ4n) is 3.50. The van der Waals surface area contributed by atoms with E-state index >= 15 is 0 Å². The van der Waals surface area contributed by atoms with Gasteiger partial charge in [0.15, 0.2) is 18.2 Å². The van der Waals surface area contributed by atoms with Crippen LogP contribution < -0.4 is 19.9 Å². The largest absolute Gasteiger partial charge is 0.481 e. The number of ether oxygens (including phenoxy) is 1. The third-order valence-electron chi connectivity index (χ3n) is 5.12. The van der Waals surface area contributed by atoms with E-state index < -0.39 is 0 Å². The van der Waals surface area contributed by atoms with Gasteiger partial charge in [0.05, 0.1) is 5.69 Å². The molecule has 8 nitrogen and oxygen atoms in total. The highest BCUT2D eigenvalue weighted by Crippen LogP contribution is 2.33. The Morgan fingerprint density at radius 1 is 1.21 bits per heavy atom. The van der Waals surface area contributed by atoms with Gasteiger partial charge in [0.25, 0.3) is 5.91 Å². The van der Waals surface area contributed by atoms with E-state index in [4.69, 9.17) is 4.74 Å². The van der Waals surface area contributed by atoms with Crippen LogP contribution in [-0.2, 0) is 4.79 Å². The SMILES string of the molecule is CN1C(=O)COc2cc(NC(=O)N3CCCN(c4ncccc4F)CC3)ccc21. The predicted molar refractivity (Wildman–Crippen MR) is 107 cm³/mol. The Hall–Kier alpha value is -3.36. The lowest BCUT2D eigenvalue weighted by Crippen LogP contribution is -2.38. The van der Waals surface area contributed by atoms with Crippen LogP contribution in [0.2, 0.25) is 0 Å². The summed E-state index contributed by atoms with van der Waals surface area (Å²) in [6.45, 7) is 2.13. The van der Waals surface area contributed by atoms with E-state index in [1.807, 2.05) is 4.90 Å². The molecule has 1 N–H and O–H groups in total. The molecule has 2 aliphatic rings. The fourth-order valence-corrected chi connectivity index (χ4v) is 3.50. The minimum absolute atomic E-state index is 0.0209. The number of halogens is 1. The fraction of sp³-hybridized carbons (Fsp3) is 0.350. The molecule has 1 aromatic carbocycles. The van der Waals surface area contributed by atoms with Crippen molar-refractivity contribution in [1.82, 2.24) is 9.88 Å². The highest BCUT2D eigenvalue weighted by atomic mass is 19.1. The number of hydrogen-bond acceptors (Lipinski definition) is 5. The molecule has 1 aromatic heterocycles. The Morgan fingerprint density at radius 2 is 2.07 bits per heavy atom. The van der Waals surface area contributed by atoms with Crippen molar-refractivity contribution in [3.63, 3.8) is 0 Å². The maximum atomic E-state index is 14.0. The lowest BCUT2D eigenvalue weighted by molar-refractivity contribution is -0.120. The summed E-state index contributed by atoms with van der Waals surface area (Å²) < 4.78 is 19.5. The zero-order valence-corrected chi connectivity index (χ0v) is 16.1. The van der Waals surface area contributed by atoms with Crippen LogP contribution in [0.5, 0.6) is 5.75 Å². The van der Waals surface area contributed by atoms with Crippen molar-refractivity contribution in [2.24, 2.45) is 0 Å². The maximum absolute atomic E-state index is 14.0. The van der Waals surface area contributed by atoms with E-state index in [1.54, 1.807) is 42.4 Å². The van der Waals surface area contributed by atoms with Crippen LogP contribution in [0.25, 0.3) is 0 Å². The van der Waals surface area contributed by atoms with Gasteiger partial charge < -0.3 is 24.8 Å². The Bertz CT molecular complexity index is 938. The van der Waals surface area contributed by atoms with Gasteiger partial charge in [0, 0.05) is 51.2 Å². The van der Waals surface area contributed by atoms with Gasteiger partial charge >= 0.3 is 6.03 Å². The number of likely N-dealkylation sites (N-methyl/N-ethyl adjacent to an activating group) is 1. The van der Waals surface area contributed by atoms with Gasteiger partial charge in [-0.05, 0) is 30.7 Å². The average molecular weight is 399 g/mol. The first kappa shape index (κ1) is 19.0. The minimum Gasteiger partial charge on any atom is -0.481 e. The molecule has 152 valence electrons. The van der Waals surface area contributed by atoms with E-state index in [0.717, 1.165) is 0 Å². The molecule has 3 amide bonds. The van der Waals surface area contributed by atoms with Gasteiger partial charge in [0.1, 0.15) is 5.75 Å². The average Bonchev–Trinajstić information content (AvgIpc) is 2.97. The molecule has 1 saturated heterocycles. The summed E-state index contributed by atoms with van der Waals surface area (Å²) in [6.07, 6.45) is 2.28. The highest BCUT2D eigenvalue weighted by Gasteiger charge is 2.24. The summed E-state index contributed by atoms with van der Waals surface area (Å²) >= 11 is 0. The van der Waals surface area contributed by atoms with Crippen LogP contribution in [0, 0.1) is 5.82 Å². The number of carbonyl (C=O) groups excluding carboxylic acids is 2. The molecule has 0 bridgehead atoms. The van der Waals surface area contributed by atoms with Gasteiger partial charge in [-0.2, -0.15) is 0 Å². The number of nitrogens with zero attached hydrogens (tertiary/aromatic N) is 4. The van der Waals surface area contributed by atoms with Crippen LogP contribution in [-0.4, -0.2) is 61.7 Å². The van der Waals surface area contributed by atoms with Gasteiger partial charge in [-0.3, -0.25) is 4.79 Å². The van der Waals surface area contributed by atoms with Gasteiger partial charge in [-0.1, -0.05) is 0 Å². The summed E-state index contributed by atoms with van der Waals surface area (Å²) in [5.74, 6) is 0.397. The molecule has 0 unspecified atom stereocenters. The molecule has 2 aliphatic heterocycles. The van der Waals surface area contributed by atoms with E-state index in [1.165, 1.54) is 11.0 Å². The van der Waals surface area contributed by atoms with E-state index in [9.17, 15) is 14.0 Å². The Morgan fingerprint density at radius 3 is 2.90 bits per heavy atom. The van der Waals surface area contributed by atoms with Gasteiger partial charge in [0.2, 0.25) is 0 Å². The molecular formula is C20H22FN5O3. The minimum atomic E-state index is -0.358. The molecule has 29 heavy (non-hydrogen) atoms. The molecule has 0 radical (unpaired) electrons. The zero-order chi connectivity index (χ0) is 20.4. The van der Waals surface area contributed by atoms with Crippen molar-refractivity contribution in [2.75, 3.05) is 55.0 Å². The first-order valence-corrected chi connectivity index (χ1v) is 9.48. The number of rotatable bonds is 2. The number of pyridine rings is 1. The van der Waals surface area contributed by atoms with Crippen LogP contribution in [0.15, 0.2) is 36.5 Å². The molecule has 2 aromatic rings. The van der Waals surface area contributed by atoms with Crippen molar-refractivity contribution in [1.29, 1.82) is 0 Å². The summed E-state index contributed by atoms with van der Waals surface area (Å²) in [4.78, 5) is 33.6. The quantitative estimate of drug-likeness (QED) is 0.839. The Balaban J connectivity index is 1.40. The number of carbonyl (C=O) groups is 2. The molecule has 4 rings (SSSR count). The summed E-state index contributed by atoms with van der Waals surface area (Å²) in [6, 6.07) is 7.92. The second-order valence-electron chi connectivity index (χ2n) is 6.99. The Kier molecular flexibility index (Phi) is 5.20. The number of anilines is 3. The monoisotopic (exact) mass is 399 g/mol. The van der Waals surface area contributed by atoms with Crippen molar-refractivity contribution in [3.05, 3.63) is 42.3 Å². The van der Waals surface area contributed by atoms with E-state index in [2.05, 4.69) is 10.3 Å². The molecular weight excluding hydrogens is 377 g/mol. The topological polar surface area (TPSA) is 78.0 Å². The Labute approximate surface area is 167 Å². The van der Waals surface area contributed by atoms with Crippen LogP contribution in [0.4, 0.5) is 26.4 Å². The summed E-state index contributed by atoms with van der Waals surface area (Å²) in [7, 11) is 1.69. The number of benzene rings is 1. The summed E-state index contributed by atoms with van der Waals surface area (Å²) in [5.41, 5.74) is 1.26. The predicted octanol–water partition coefficient (Wildman–Crippen LogP) is 2.32. The molecule has 9 heteroatoms. The number of amides is 3. The number of urea groups is 1. The van der Waals surface area contributed by atoms with Gasteiger partial charge in [-0.25, -0.2) is 14.2 Å². The van der Waals surface area contributed by atoms with Crippen LogP contribution in [0.1, 0.15) is 6.42 Å². The zero-order valence-electron chi connectivity index (χ0n) is 16.1. The highest BCUT2D eigenvalue weighted by molar-refractivity contribution is 5.98. The van der Waals surface area contributed by atoms with Crippen LogP contribution in [0.3, 0.4) is 0 Å². The number of nitrogens with one attached hydrogen (secondary N) is 1. The third kappa shape index (κ3) is 3.94. The molecule has 0 aliphatic carbocycles. The van der Waals surface area contributed by atoms with Crippen LogP contribution >= 0.6 is 0 Å². The standard InChI is InChI=1S/C20H22FN5O3/c1-24-16-6-5-14(12-17(16)29-13-18(24)27)23-20(28)26-9-3-8-25(10-11-26)19-15(21)4-2-7-22-19/h2,4-7,12H,3,8-11,13H2,1H3,(H,23,28). The summed E-state index contributed by atoms with van der Waals surface area (Å²) in [5, 5.41) is 2.88. The van der Waals surface area contributed by atoms with E-state index in [-0.39, 0.29) is 24.4 Å². The smallest absolute Gasteiger partial charge is 0.321 e. The van der Waals surface area contributed by atoms with Crippen molar-refractivity contribution in [3.8, 4) is 5.75 Å². The molecule has 3 heterocycles. The van der Waals surface area contributed by atoms with Gasteiger partial charge in [-0.15, -0.1) is 0 Å². The normalized spacial score (nSPS) is 16.8. The first-order chi connectivity index (χ1) is 14.0. The third-order valence-corrected chi connectivity index (χ3v) is 5.12. The lowest BCUT2D eigenvalue weighted by Gasteiger charge is -2.27. The molecule has 0 atom stereocenters. The second-order valence-corrected chi connectivity index (χ2v) is 6.99. The number of hydrogen-bond donors (Lipinski definition) is 1. The van der Waals surface area contributed by atoms with E-state index in [0.29, 0.717) is 55.5 Å². The molecule has 0 saturated carbocycles. The lowest BCUT2D eigenvalue weighted by atomic mass is 10.2. The maximum Gasteiger partial charge on any atom is 0.321 e. The second kappa shape index (κ2) is 7.94. The van der Waals surface area contributed by atoms with Crippen molar-refractivity contribution < 1.29 is 18.7 Å². The van der Waals surface area contributed by atoms with Crippen molar-refractivity contribution >= 4 is 29.1 Å².